The Morgan fingerprint density at radius 2 is 1.82 bits per heavy atom. The minimum Gasteiger partial charge on any atom is -0.457 e. The van der Waals surface area contributed by atoms with E-state index in [0.29, 0.717) is 11.5 Å². The lowest BCUT2D eigenvalue weighted by molar-refractivity contribution is 0.473. The van der Waals surface area contributed by atoms with E-state index in [1.165, 1.54) is 17.7 Å². The van der Waals surface area contributed by atoms with Gasteiger partial charge in [-0.15, -0.1) is 0 Å². The first-order valence-corrected chi connectivity index (χ1v) is 6.40. The average molecular weight is 295 g/mol. The molecular formula is C14H12BrFO. The van der Waals surface area contributed by atoms with Crippen LogP contribution in [0.5, 0.6) is 11.5 Å². The quantitative estimate of drug-likeness (QED) is 0.737. The molecule has 0 radical (unpaired) electrons. The van der Waals surface area contributed by atoms with Crippen LogP contribution in [0.1, 0.15) is 11.1 Å². The van der Waals surface area contributed by atoms with E-state index in [9.17, 15) is 4.39 Å². The number of ether oxygens (including phenoxy) is 1. The van der Waals surface area contributed by atoms with Gasteiger partial charge in [0.2, 0.25) is 0 Å². The van der Waals surface area contributed by atoms with Crippen molar-refractivity contribution in [2.75, 3.05) is 0 Å². The molecule has 3 heteroatoms. The Morgan fingerprint density at radius 3 is 2.47 bits per heavy atom. The molecule has 0 unspecified atom stereocenters. The topological polar surface area (TPSA) is 9.23 Å². The van der Waals surface area contributed by atoms with Crippen molar-refractivity contribution in [3.63, 3.8) is 0 Å². The highest BCUT2D eigenvalue weighted by Gasteiger charge is 2.03. The van der Waals surface area contributed by atoms with Crippen LogP contribution < -0.4 is 4.74 Å². The molecule has 0 N–H and O–H groups in total. The van der Waals surface area contributed by atoms with Crippen LogP contribution in [0, 0.1) is 12.7 Å². The molecule has 0 saturated carbocycles. The normalized spacial score (nSPS) is 10.3. The lowest BCUT2D eigenvalue weighted by atomic mass is 10.2. The highest BCUT2D eigenvalue weighted by molar-refractivity contribution is 9.08. The standard InChI is InChI=1S/C14H12BrFO/c1-10-2-5-12(16)8-14(10)17-13-6-3-11(9-15)4-7-13/h2-8H,9H2,1H3. The van der Waals surface area contributed by atoms with Crippen molar-refractivity contribution in [1.82, 2.24) is 0 Å². The third kappa shape index (κ3) is 3.07. The zero-order valence-corrected chi connectivity index (χ0v) is 11.0. The van der Waals surface area contributed by atoms with Gasteiger partial charge >= 0.3 is 0 Å². The fraction of sp³-hybridized carbons (Fsp3) is 0.143. The van der Waals surface area contributed by atoms with Gasteiger partial charge in [0.05, 0.1) is 0 Å². The lowest BCUT2D eigenvalue weighted by Crippen LogP contribution is -1.89. The first-order chi connectivity index (χ1) is 8.19. The van der Waals surface area contributed by atoms with Gasteiger partial charge in [0.15, 0.2) is 0 Å². The number of halogens is 2. The number of aryl methyl sites for hydroxylation is 1. The predicted molar refractivity (Wildman–Crippen MR) is 70.3 cm³/mol. The van der Waals surface area contributed by atoms with E-state index >= 15 is 0 Å². The summed E-state index contributed by atoms with van der Waals surface area (Å²) < 4.78 is 18.7. The molecule has 0 amide bonds. The molecule has 0 heterocycles. The van der Waals surface area contributed by atoms with Gasteiger partial charge in [-0.25, -0.2) is 4.39 Å². The Hall–Kier alpha value is -1.35. The monoisotopic (exact) mass is 294 g/mol. The van der Waals surface area contributed by atoms with E-state index in [2.05, 4.69) is 15.9 Å². The number of hydrogen-bond donors (Lipinski definition) is 0. The van der Waals surface area contributed by atoms with Gasteiger partial charge in [-0.1, -0.05) is 34.1 Å². The summed E-state index contributed by atoms with van der Waals surface area (Å²) in [6.45, 7) is 1.89. The van der Waals surface area contributed by atoms with Crippen LogP contribution in [-0.2, 0) is 5.33 Å². The van der Waals surface area contributed by atoms with Crippen molar-refractivity contribution in [1.29, 1.82) is 0 Å². The molecule has 0 aromatic heterocycles. The zero-order valence-electron chi connectivity index (χ0n) is 9.41. The highest BCUT2D eigenvalue weighted by Crippen LogP contribution is 2.26. The maximum absolute atomic E-state index is 13.1. The molecule has 0 fully saturated rings. The molecule has 2 aromatic carbocycles. The van der Waals surface area contributed by atoms with Crippen molar-refractivity contribution < 1.29 is 9.13 Å². The molecule has 0 aliphatic rings. The number of benzene rings is 2. The van der Waals surface area contributed by atoms with Crippen molar-refractivity contribution >= 4 is 15.9 Å². The van der Waals surface area contributed by atoms with E-state index in [-0.39, 0.29) is 5.82 Å². The number of rotatable bonds is 3. The molecule has 0 bridgehead atoms. The van der Waals surface area contributed by atoms with Crippen molar-refractivity contribution in [3.8, 4) is 11.5 Å². The maximum Gasteiger partial charge on any atom is 0.133 e. The van der Waals surface area contributed by atoms with Gasteiger partial charge in [0, 0.05) is 11.4 Å². The average Bonchev–Trinajstić information content (AvgIpc) is 2.35. The van der Waals surface area contributed by atoms with E-state index in [1.54, 1.807) is 6.07 Å². The van der Waals surface area contributed by atoms with E-state index in [0.717, 1.165) is 10.9 Å². The zero-order chi connectivity index (χ0) is 12.3. The summed E-state index contributed by atoms with van der Waals surface area (Å²) in [4.78, 5) is 0. The van der Waals surface area contributed by atoms with Gasteiger partial charge in [-0.2, -0.15) is 0 Å². The fourth-order valence-corrected chi connectivity index (χ4v) is 1.83. The highest BCUT2D eigenvalue weighted by atomic mass is 79.9. The molecule has 0 aliphatic heterocycles. The van der Waals surface area contributed by atoms with Crippen molar-refractivity contribution in [2.45, 2.75) is 12.3 Å². The Balaban J connectivity index is 2.22. The largest absolute Gasteiger partial charge is 0.457 e. The lowest BCUT2D eigenvalue weighted by Gasteiger charge is -2.09. The Bertz CT molecular complexity index is 508. The molecule has 88 valence electrons. The summed E-state index contributed by atoms with van der Waals surface area (Å²) in [6, 6.07) is 12.2. The maximum atomic E-state index is 13.1. The fourth-order valence-electron chi connectivity index (χ4n) is 1.46. The summed E-state index contributed by atoms with van der Waals surface area (Å²) in [5.74, 6) is 0.975. The second kappa shape index (κ2) is 5.32. The van der Waals surface area contributed by atoms with Crippen molar-refractivity contribution in [3.05, 3.63) is 59.4 Å². The molecular weight excluding hydrogens is 283 g/mol. The molecule has 0 atom stereocenters. The van der Waals surface area contributed by atoms with E-state index in [1.807, 2.05) is 31.2 Å². The van der Waals surface area contributed by atoms with Crippen LogP contribution in [0.3, 0.4) is 0 Å². The van der Waals surface area contributed by atoms with Gasteiger partial charge < -0.3 is 4.74 Å². The van der Waals surface area contributed by atoms with Crippen LogP contribution in [0.25, 0.3) is 0 Å². The summed E-state index contributed by atoms with van der Waals surface area (Å²) in [5.41, 5.74) is 2.09. The Labute approximate surface area is 108 Å². The van der Waals surface area contributed by atoms with E-state index in [4.69, 9.17) is 4.74 Å². The smallest absolute Gasteiger partial charge is 0.133 e. The molecule has 0 spiro atoms. The van der Waals surface area contributed by atoms with Gasteiger partial charge in [0.1, 0.15) is 17.3 Å². The van der Waals surface area contributed by atoms with Crippen LogP contribution in [-0.4, -0.2) is 0 Å². The van der Waals surface area contributed by atoms with Crippen LogP contribution in [0.4, 0.5) is 4.39 Å². The van der Waals surface area contributed by atoms with Crippen LogP contribution in [0.15, 0.2) is 42.5 Å². The summed E-state index contributed by atoms with van der Waals surface area (Å²) in [6.07, 6.45) is 0. The van der Waals surface area contributed by atoms with E-state index < -0.39 is 0 Å². The molecule has 17 heavy (non-hydrogen) atoms. The second-order valence-corrected chi connectivity index (χ2v) is 4.35. The minimum atomic E-state index is -0.289. The van der Waals surface area contributed by atoms with Crippen molar-refractivity contribution in [2.24, 2.45) is 0 Å². The van der Waals surface area contributed by atoms with Crippen LogP contribution >= 0.6 is 15.9 Å². The predicted octanol–water partition coefficient (Wildman–Crippen LogP) is 4.82. The SMILES string of the molecule is Cc1ccc(F)cc1Oc1ccc(CBr)cc1. The second-order valence-electron chi connectivity index (χ2n) is 3.79. The first kappa shape index (κ1) is 12.1. The van der Waals surface area contributed by atoms with Gasteiger partial charge in [-0.05, 0) is 36.2 Å². The number of hydrogen-bond acceptors (Lipinski definition) is 1. The Kier molecular flexibility index (Phi) is 3.79. The summed E-state index contributed by atoms with van der Waals surface area (Å²) >= 11 is 3.38. The Morgan fingerprint density at radius 1 is 1.12 bits per heavy atom. The first-order valence-electron chi connectivity index (χ1n) is 5.28. The third-order valence-electron chi connectivity index (χ3n) is 2.46. The molecule has 0 saturated heterocycles. The molecule has 2 aromatic rings. The molecule has 1 nitrogen and oxygen atoms in total. The third-order valence-corrected chi connectivity index (χ3v) is 3.10. The van der Waals surface area contributed by atoms with Gasteiger partial charge in [0.25, 0.3) is 0 Å². The molecule has 0 aliphatic carbocycles. The summed E-state index contributed by atoms with van der Waals surface area (Å²) in [7, 11) is 0. The summed E-state index contributed by atoms with van der Waals surface area (Å²) in [5, 5.41) is 0.812. The van der Waals surface area contributed by atoms with Gasteiger partial charge in [-0.3, -0.25) is 0 Å². The molecule has 2 rings (SSSR count). The van der Waals surface area contributed by atoms with Crippen LogP contribution in [0.2, 0.25) is 0 Å². The number of alkyl halides is 1. The minimum absolute atomic E-state index is 0.289.